The molecule has 92 heavy (non-hydrogen) atoms. The lowest BCUT2D eigenvalue weighted by Crippen LogP contribution is -2.61. The third kappa shape index (κ3) is 10.1. The van der Waals surface area contributed by atoms with Gasteiger partial charge in [-0.2, -0.15) is 0 Å². The van der Waals surface area contributed by atoms with Crippen LogP contribution in [0.2, 0.25) is 0 Å². The number of allylic oxidation sites excluding steroid dienone is 4. The van der Waals surface area contributed by atoms with Gasteiger partial charge in [0.2, 0.25) is 0 Å². The van der Waals surface area contributed by atoms with Crippen LogP contribution in [0.15, 0.2) is 260 Å². The van der Waals surface area contributed by atoms with E-state index in [0.29, 0.717) is 51.3 Å². The first kappa shape index (κ1) is 41.7. The van der Waals surface area contributed by atoms with E-state index in [1.807, 2.05) is 119 Å². The van der Waals surface area contributed by atoms with Crippen LogP contribution in [-0.4, -0.2) is 11.3 Å². The van der Waals surface area contributed by atoms with Crippen LogP contribution in [-0.2, 0) is 21.7 Å². The average molecular weight is 1210 g/mol. The summed E-state index contributed by atoms with van der Waals surface area (Å²) < 4.78 is 183. The lowest BCUT2D eigenvalue weighted by Gasteiger charge is -2.47. The summed E-state index contributed by atoms with van der Waals surface area (Å²) in [6.45, 7) is 22.8. The highest BCUT2D eigenvalue weighted by Crippen LogP contribution is 2.55. The Morgan fingerprint density at radius 2 is 0.880 bits per heavy atom. The van der Waals surface area contributed by atoms with Crippen molar-refractivity contribution < 1.29 is 24.7 Å². The smallest absolute Gasteiger partial charge is 0.252 e. The number of hydrogen-bond donors (Lipinski definition) is 0. The first-order valence-electron chi connectivity index (χ1n) is 40.8. The summed E-state index contributed by atoms with van der Waals surface area (Å²) in [5.74, 6) is -0.387. The van der Waals surface area contributed by atoms with E-state index in [2.05, 4.69) is 105 Å². The van der Waals surface area contributed by atoms with Gasteiger partial charge in [0.05, 0.1) is 47.1 Å². The monoisotopic (exact) mass is 1210 g/mol. The molecule has 1 atom stereocenters. The second kappa shape index (κ2) is 22.1. The number of hydrogen-bond acceptors (Lipinski definition) is 2. The van der Waals surface area contributed by atoms with E-state index in [1.165, 1.54) is 0 Å². The Balaban J connectivity index is 1.25. The molecule has 0 spiro atoms. The Hall–Kier alpha value is -9.64. The number of benzene rings is 11. The third-order valence-corrected chi connectivity index (χ3v) is 18.4. The van der Waals surface area contributed by atoms with Crippen molar-refractivity contribution >= 4 is 79.0 Å². The van der Waals surface area contributed by atoms with Gasteiger partial charge >= 0.3 is 0 Å². The molecule has 0 bridgehead atoms. The molecule has 0 amide bonds. The topological polar surface area (TPSA) is 11.4 Å². The molecule has 3 aliphatic rings. The molecule has 1 aliphatic carbocycles. The van der Waals surface area contributed by atoms with Crippen LogP contribution >= 0.6 is 0 Å². The van der Waals surface area contributed by atoms with Crippen LogP contribution in [0, 0.1) is 0 Å². The zero-order valence-corrected chi connectivity index (χ0v) is 54.1. The Morgan fingerprint density at radius 1 is 0.402 bits per heavy atom. The van der Waals surface area contributed by atoms with E-state index in [9.17, 15) is 21.9 Å². The third-order valence-electron chi connectivity index (χ3n) is 18.4. The molecule has 3 nitrogen and oxygen atoms in total. The summed E-state index contributed by atoms with van der Waals surface area (Å²) in [6.07, 6.45) is 8.70. The van der Waals surface area contributed by atoms with Crippen molar-refractivity contribution in [3.8, 4) is 50.2 Å². The standard InChI is InChI=1S/C88H82BN3/c1-85(2,3)63-44-41-57(42-45-63)62-43-48-78-75(49-62)89-74-47-46-67(90-76-39-27-25-37-68(76)69-38-26-28-40-77(69)90)56-79(74)92(84-72(60-33-21-15-22-34-60)52-65(87(7,8)9)53-73(84)61-35-23-16-24-36-61)81-55-66(88(10,11)12)54-80(82(81)89)91(78)83-70(58-29-17-13-18-30-58)50-64(86(4,5)6)51-71(83)59-31-19-14-20-32-59/h13-35,37-56,61H,36H2,1-12H3/i25D,26D,27D,28D,37D,38D,39D,40D,41D,42D,43D,44D,45D,46D,47D,48D,49D,56D. The number of aromatic nitrogens is 1. The maximum Gasteiger partial charge on any atom is 0.252 e. The molecular formula is C88H82BN3. The minimum absolute atomic E-state index is 0.0210. The predicted molar refractivity (Wildman–Crippen MR) is 397 cm³/mol. The van der Waals surface area contributed by atoms with Crippen molar-refractivity contribution in [1.29, 1.82) is 0 Å². The van der Waals surface area contributed by atoms with Crippen molar-refractivity contribution in [2.24, 2.45) is 0 Å². The Labute approximate surface area is 571 Å². The van der Waals surface area contributed by atoms with E-state index < -0.39 is 154 Å². The Kier molecular flexibility index (Phi) is 9.99. The number of fused-ring (bicyclic) bond motifs is 7. The second-order valence-corrected chi connectivity index (χ2v) is 28.7. The molecule has 1 unspecified atom stereocenters. The summed E-state index contributed by atoms with van der Waals surface area (Å²) in [5.41, 5.74) is 5.24. The highest BCUT2D eigenvalue weighted by Gasteiger charge is 2.47. The number of nitrogens with zero attached hydrogens (tertiary/aromatic N) is 3. The molecule has 0 N–H and O–H groups in total. The average Bonchev–Trinajstić information content (AvgIpc) is 1.21. The number of para-hydroxylation sites is 2. The van der Waals surface area contributed by atoms with E-state index in [4.69, 9.17) is 2.74 Å². The van der Waals surface area contributed by atoms with Crippen molar-refractivity contribution in [2.45, 2.75) is 117 Å². The fraction of sp³-hybridized carbons (Fsp3) is 0.205. The second-order valence-electron chi connectivity index (χ2n) is 28.7. The van der Waals surface area contributed by atoms with Crippen LogP contribution in [0.25, 0.3) is 72.0 Å². The molecule has 11 aromatic carbocycles. The predicted octanol–water partition coefficient (Wildman–Crippen LogP) is 22.3. The van der Waals surface area contributed by atoms with Crippen molar-refractivity contribution in [2.75, 3.05) is 9.80 Å². The molecule has 1 aromatic heterocycles. The summed E-state index contributed by atoms with van der Waals surface area (Å²) in [6, 6.07) is 31.4. The fourth-order valence-corrected chi connectivity index (χ4v) is 13.4. The van der Waals surface area contributed by atoms with Gasteiger partial charge in [-0.3, -0.25) is 0 Å². The lowest BCUT2D eigenvalue weighted by atomic mass is 9.33. The first-order valence-corrected chi connectivity index (χ1v) is 31.8. The quantitative estimate of drug-likeness (QED) is 0.141. The van der Waals surface area contributed by atoms with Crippen molar-refractivity contribution in [1.82, 2.24) is 4.57 Å². The maximum atomic E-state index is 11.7. The summed E-state index contributed by atoms with van der Waals surface area (Å²) in [4.78, 5) is 3.94. The summed E-state index contributed by atoms with van der Waals surface area (Å²) in [5, 5.41) is -0.615. The molecular weight excluding hydrogens is 1110 g/mol. The van der Waals surface area contributed by atoms with Crippen molar-refractivity contribution in [3.63, 3.8) is 0 Å². The highest BCUT2D eigenvalue weighted by molar-refractivity contribution is 7.00. The van der Waals surface area contributed by atoms with Gasteiger partial charge in [-0.25, -0.2) is 0 Å². The molecule has 0 radical (unpaired) electrons. The summed E-state index contributed by atoms with van der Waals surface area (Å²) in [7, 11) is 0. The van der Waals surface area contributed by atoms with Crippen LogP contribution in [0.4, 0.5) is 34.1 Å². The molecule has 4 heteroatoms. The van der Waals surface area contributed by atoms with Gasteiger partial charge in [0.15, 0.2) is 0 Å². The fourth-order valence-electron chi connectivity index (χ4n) is 13.4. The molecule has 0 fully saturated rings. The Morgan fingerprint density at radius 3 is 1.39 bits per heavy atom. The van der Waals surface area contributed by atoms with Gasteiger partial charge < -0.3 is 14.4 Å². The van der Waals surface area contributed by atoms with Crippen molar-refractivity contribution in [3.05, 3.63) is 288 Å². The minimum Gasteiger partial charge on any atom is -0.310 e. The molecule has 3 heterocycles. The zero-order chi connectivity index (χ0) is 79.3. The number of rotatable bonds is 8. The van der Waals surface area contributed by atoms with Gasteiger partial charge in [0.1, 0.15) is 0 Å². The van der Waals surface area contributed by atoms with Gasteiger partial charge in [-0.05, 0) is 161 Å². The zero-order valence-electron chi connectivity index (χ0n) is 72.1. The molecule has 2 aliphatic heterocycles. The SMILES string of the molecule is [2H]c1c([2H])c(-n2c3c([2H])c([2H])c([2H])c([2H])c3c3c([2H])c([2H])c([2H])c([2H])c32)c([2H])c2c1B1c3c(cc(C(C)(C)C)cc3N2c2c(-c3ccccc3)cc(C(C)(C)C)cc2C2C=CC=CC2)N(c2c(-c3ccccc3)cc(C(C)(C)C)cc2-c2ccccc2)c2c([2H])c([2H])c(-c3c([2H])c([2H])c(C(C)(C)C)c([2H])c3[2H])c([2H])c21. The van der Waals surface area contributed by atoms with E-state index in [0.717, 1.165) is 43.5 Å². The van der Waals surface area contributed by atoms with Gasteiger partial charge in [0.25, 0.3) is 6.71 Å². The minimum atomic E-state index is -1.53. The molecule has 12 aromatic rings. The summed E-state index contributed by atoms with van der Waals surface area (Å²) >= 11 is 0. The van der Waals surface area contributed by atoms with Crippen LogP contribution < -0.4 is 26.2 Å². The largest absolute Gasteiger partial charge is 0.310 e. The van der Waals surface area contributed by atoms with Gasteiger partial charge in [-0.1, -0.05) is 283 Å². The van der Waals surface area contributed by atoms with Gasteiger partial charge in [0, 0.05) is 61.8 Å². The van der Waals surface area contributed by atoms with Gasteiger partial charge in [-0.15, -0.1) is 0 Å². The Bertz CT molecular complexity index is 5870. The molecule has 452 valence electrons. The van der Waals surface area contributed by atoms with E-state index in [-0.39, 0.29) is 55.6 Å². The highest BCUT2D eigenvalue weighted by atomic mass is 15.2. The molecule has 15 rings (SSSR count). The maximum absolute atomic E-state index is 11.7. The van der Waals surface area contributed by atoms with E-state index >= 15 is 0 Å². The van der Waals surface area contributed by atoms with Crippen LogP contribution in [0.3, 0.4) is 0 Å². The van der Waals surface area contributed by atoms with Crippen LogP contribution in [0.5, 0.6) is 0 Å². The normalized spacial score (nSPS) is 17.4. The van der Waals surface area contributed by atoms with E-state index in [1.54, 1.807) is 20.8 Å². The number of anilines is 6. The first-order chi connectivity index (χ1) is 51.7. The lowest BCUT2D eigenvalue weighted by molar-refractivity contribution is 0.588. The molecule has 0 saturated carbocycles. The van der Waals surface area contributed by atoms with Crippen LogP contribution in [0.1, 0.15) is 148 Å². The molecule has 0 saturated heterocycles.